The Bertz CT molecular complexity index is 1520. The number of sulfonamides is 1. The second kappa shape index (κ2) is 10.2. The number of piperazine rings is 1. The lowest BCUT2D eigenvalue weighted by molar-refractivity contribution is 0.144. The molecule has 216 valence electrons. The molecule has 3 fully saturated rings. The zero-order valence-electron chi connectivity index (χ0n) is 22.4. The first-order chi connectivity index (χ1) is 19.0. The van der Waals surface area contributed by atoms with Crippen molar-refractivity contribution in [3.8, 4) is 5.13 Å². The number of carbonyl (C=O) groups is 1. The summed E-state index contributed by atoms with van der Waals surface area (Å²) >= 11 is 0.706. The molecule has 11 nitrogen and oxygen atoms in total. The maximum atomic E-state index is 13.4. The van der Waals surface area contributed by atoms with Crippen LogP contribution in [0.3, 0.4) is 0 Å². The van der Waals surface area contributed by atoms with Gasteiger partial charge in [-0.05, 0) is 44.7 Å². The van der Waals surface area contributed by atoms with Crippen molar-refractivity contribution < 1.29 is 22.0 Å². The van der Waals surface area contributed by atoms with Gasteiger partial charge in [-0.1, -0.05) is 24.2 Å². The van der Waals surface area contributed by atoms with Crippen LogP contribution >= 0.6 is 11.3 Å². The number of alkyl halides is 2. The molecule has 0 atom stereocenters. The molecule has 0 bridgehead atoms. The van der Waals surface area contributed by atoms with Crippen LogP contribution in [0, 0.1) is 0 Å². The van der Waals surface area contributed by atoms with E-state index in [2.05, 4.69) is 24.9 Å². The number of rotatable bonds is 7. The van der Waals surface area contributed by atoms with Crippen molar-refractivity contribution in [2.75, 3.05) is 38.1 Å². The highest BCUT2D eigenvalue weighted by molar-refractivity contribution is 7.89. The number of benzene rings is 1. The third kappa shape index (κ3) is 5.14. The van der Waals surface area contributed by atoms with Crippen molar-refractivity contribution in [2.24, 2.45) is 0 Å². The van der Waals surface area contributed by atoms with E-state index in [1.165, 1.54) is 10.7 Å². The van der Waals surface area contributed by atoms with E-state index in [0.717, 1.165) is 38.5 Å². The zero-order valence-corrected chi connectivity index (χ0v) is 24.0. The van der Waals surface area contributed by atoms with Gasteiger partial charge in [-0.3, -0.25) is 0 Å². The Morgan fingerprint density at radius 2 is 1.85 bits per heavy atom. The van der Waals surface area contributed by atoms with Gasteiger partial charge >= 0.3 is 6.03 Å². The van der Waals surface area contributed by atoms with E-state index < -0.39 is 27.0 Å². The van der Waals surface area contributed by atoms with E-state index in [9.17, 15) is 22.0 Å². The second-order valence-corrected chi connectivity index (χ2v) is 13.8. The van der Waals surface area contributed by atoms with Gasteiger partial charge in [0.1, 0.15) is 0 Å². The molecule has 3 heterocycles. The number of nitrogens with zero attached hydrogens (tertiary/aromatic N) is 7. The predicted molar refractivity (Wildman–Crippen MR) is 147 cm³/mol. The van der Waals surface area contributed by atoms with Gasteiger partial charge in [0, 0.05) is 55.9 Å². The first kappa shape index (κ1) is 27.3. The fourth-order valence-electron chi connectivity index (χ4n) is 5.53. The first-order valence-electron chi connectivity index (χ1n) is 13.5. The van der Waals surface area contributed by atoms with Crippen LogP contribution in [0.25, 0.3) is 16.0 Å². The summed E-state index contributed by atoms with van der Waals surface area (Å²) < 4.78 is 57.4. The monoisotopic (exact) mass is 594 g/mol. The highest BCUT2D eigenvalue weighted by Gasteiger charge is 2.41. The van der Waals surface area contributed by atoms with Gasteiger partial charge in [-0.2, -0.15) is 5.10 Å². The van der Waals surface area contributed by atoms with E-state index in [4.69, 9.17) is 0 Å². The molecule has 2 amide bonds. The minimum Gasteiger partial charge on any atom is -0.367 e. The van der Waals surface area contributed by atoms with Crippen LogP contribution in [0.15, 0.2) is 23.2 Å². The standard InChI is InChI=1S/C25H32F2N8O3S2/c1-25(7-8-25)31-40(37,38)17-13-19(18-15-28-35(20(18)14-17)23-30-29-22(39-23)21(26)27)33-9-11-34(12-10-33)24(36)32(2)16-5-3-4-6-16/h13-16,21,31H,3-12H2,1-2H3. The number of aromatic nitrogens is 4. The van der Waals surface area contributed by atoms with Crippen molar-refractivity contribution in [1.29, 1.82) is 0 Å². The van der Waals surface area contributed by atoms with E-state index in [-0.39, 0.29) is 22.1 Å². The fraction of sp³-hybridized carbons (Fsp3) is 0.600. The van der Waals surface area contributed by atoms with Crippen LogP contribution in [0.2, 0.25) is 0 Å². The molecule has 3 aliphatic rings. The number of nitrogens with one attached hydrogen (secondary N) is 1. The Labute approximate surface area is 235 Å². The average Bonchev–Trinajstić information content (AvgIpc) is 3.42. The summed E-state index contributed by atoms with van der Waals surface area (Å²) in [7, 11) is -2.01. The number of hydrogen-bond donors (Lipinski definition) is 1. The molecule has 2 aromatic heterocycles. The van der Waals surface area contributed by atoms with Gasteiger partial charge < -0.3 is 14.7 Å². The summed E-state index contributed by atoms with van der Waals surface area (Å²) in [5.74, 6) is 0. The van der Waals surface area contributed by atoms with Crippen molar-refractivity contribution in [3.05, 3.63) is 23.3 Å². The van der Waals surface area contributed by atoms with Gasteiger partial charge in [0.2, 0.25) is 15.2 Å². The van der Waals surface area contributed by atoms with Crippen LogP contribution in [-0.4, -0.2) is 89.0 Å². The molecular weight excluding hydrogens is 562 g/mol. The van der Waals surface area contributed by atoms with Crippen molar-refractivity contribution in [2.45, 2.75) is 68.4 Å². The lowest BCUT2D eigenvalue weighted by Gasteiger charge is -2.39. The minimum absolute atomic E-state index is 0.0221. The molecule has 1 N–H and O–H groups in total. The van der Waals surface area contributed by atoms with Gasteiger partial charge in [0.25, 0.3) is 6.43 Å². The number of amides is 2. The number of urea groups is 1. The van der Waals surface area contributed by atoms with E-state index in [1.54, 1.807) is 12.3 Å². The number of hydrogen-bond acceptors (Lipinski definition) is 8. The van der Waals surface area contributed by atoms with Crippen LogP contribution in [0.5, 0.6) is 0 Å². The van der Waals surface area contributed by atoms with Gasteiger partial charge in [-0.25, -0.2) is 31.4 Å². The summed E-state index contributed by atoms with van der Waals surface area (Å²) in [6.07, 6.45) is 4.69. The molecule has 2 aliphatic carbocycles. The number of fused-ring (bicyclic) bond motifs is 1. The quantitative estimate of drug-likeness (QED) is 0.443. The second-order valence-electron chi connectivity index (χ2n) is 11.1. The predicted octanol–water partition coefficient (Wildman–Crippen LogP) is 3.76. The molecule has 1 saturated heterocycles. The maximum Gasteiger partial charge on any atom is 0.320 e. The van der Waals surface area contributed by atoms with Crippen molar-refractivity contribution >= 4 is 44.0 Å². The molecule has 40 heavy (non-hydrogen) atoms. The van der Waals surface area contributed by atoms with Gasteiger partial charge in [-0.15, -0.1) is 10.2 Å². The topological polar surface area (TPSA) is 117 Å². The normalized spacial score (nSPS) is 19.6. The number of anilines is 1. The molecule has 15 heteroatoms. The Morgan fingerprint density at radius 1 is 1.15 bits per heavy atom. The summed E-state index contributed by atoms with van der Waals surface area (Å²) in [5, 5.41) is 12.2. The lowest BCUT2D eigenvalue weighted by Crippen LogP contribution is -2.53. The molecule has 1 aliphatic heterocycles. The van der Waals surface area contributed by atoms with Crippen LogP contribution in [-0.2, 0) is 10.0 Å². The Hall–Kier alpha value is -2.91. The minimum atomic E-state index is -3.88. The number of carbonyl (C=O) groups excluding carboxylic acids is 1. The van der Waals surface area contributed by atoms with Crippen LogP contribution in [0.1, 0.15) is 56.9 Å². The molecule has 2 saturated carbocycles. The largest absolute Gasteiger partial charge is 0.367 e. The first-order valence-corrected chi connectivity index (χ1v) is 15.8. The van der Waals surface area contributed by atoms with E-state index in [1.807, 2.05) is 23.8 Å². The molecule has 1 aromatic carbocycles. The highest BCUT2D eigenvalue weighted by atomic mass is 32.2. The van der Waals surface area contributed by atoms with Crippen LogP contribution in [0.4, 0.5) is 19.3 Å². The fourth-order valence-corrected chi connectivity index (χ4v) is 7.71. The Balaban J connectivity index is 1.32. The average molecular weight is 595 g/mol. The van der Waals surface area contributed by atoms with E-state index >= 15 is 0 Å². The summed E-state index contributed by atoms with van der Waals surface area (Å²) in [4.78, 5) is 19.0. The molecular formula is C25H32F2N8O3S2. The summed E-state index contributed by atoms with van der Waals surface area (Å²) in [6, 6.07) is 3.44. The zero-order chi connectivity index (χ0) is 28.2. The Morgan fingerprint density at radius 3 is 2.48 bits per heavy atom. The SMILES string of the molecule is CN(C(=O)N1CCN(c2cc(S(=O)(=O)NC3(C)CC3)cc3c2cnn3-c2nnc(C(F)F)s2)CC1)C1CCCC1. The third-order valence-electron chi connectivity index (χ3n) is 8.19. The van der Waals surface area contributed by atoms with Crippen molar-refractivity contribution in [3.63, 3.8) is 0 Å². The van der Waals surface area contributed by atoms with Crippen molar-refractivity contribution in [1.82, 2.24) is 34.5 Å². The van der Waals surface area contributed by atoms with E-state index in [0.29, 0.717) is 54.1 Å². The molecule has 3 aromatic rings. The van der Waals surface area contributed by atoms with Crippen LogP contribution < -0.4 is 9.62 Å². The summed E-state index contributed by atoms with van der Waals surface area (Å²) in [5.41, 5.74) is 0.604. The van der Waals surface area contributed by atoms with Gasteiger partial charge in [0.05, 0.1) is 16.6 Å². The highest BCUT2D eigenvalue weighted by Crippen LogP contribution is 2.38. The third-order valence-corrected chi connectivity index (χ3v) is 10.7. The smallest absolute Gasteiger partial charge is 0.320 e. The summed E-state index contributed by atoms with van der Waals surface area (Å²) in [6.45, 7) is 3.86. The molecule has 0 unspecified atom stereocenters. The Kier molecular flexibility index (Phi) is 6.94. The maximum absolute atomic E-state index is 13.4. The molecule has 0 spiro atoms. The molecule has 6 rings (SSSR count). The van der Waals surface area contributed by atoms with Gasteiger partial charge in [0.15, 0.2) is 5.01 Å². The molecule has 0 radical (unpaired) electrons. The number of halogens is 2. The lowest BCUT2D eigenvalue weighted by atomic mass is 10.1.